The first-order valence-electron chi connectivity index (χ1n) is 14.1. The van der Waals surface area contributed by atoms with E-state index in [4.69, 9.17) is 9.47 Å². The molecule has 3 fully saturated rings. The third-order valence-corrected chi connectivity index (χ3v) is 8.68. The van der Waals surface area contributed by atoms with Gasteiger partial charge in [0.05, 0.1) is 18.7 Å². The van der Waals surface area contributed by atoms with Gasteiger partial charge in [-0.25, -0.2) is 0 Å². The zero-order valence-corrected chi connectivity index (χ0v) is 22.5. The summed E-state index contributed by atoms with van der Waals surface area (Å²) in [4.78, 5) is 45.2. The number of likely N-dealkylation sites (N-methyl/N-ethyl adjacent to an activating group) is 1. The van der Waals surface area contributed by atoms with Crippen LogP contribution in [0.2, 0.25) is 0 Å². The quantitative estimate of drug-likeness (QED) is 0.481. The van der Waals surface area contributed by atoms with Crippen molar-refractivity contribution in [3.05, 3.63) is 29.8 Å². The van der Waals surface area contributed by atoms with Gasteiger partial charge in [0.15, 0.2) is 0 Å². The molecule has 4 aliphatic heterocycles. The van der Waals surface area contributed by atoms with Gasteiger partial charge in [-0.2, -0.15) is 0 Å². The molecule has 38 heavy (non-hydrogen) atoms. The summed E-state index contributed by atoms with van der Waals surface area (Å²) in [5.41, 5.74) is 0.966. The van der Waals surface area contributed by atoms with Crippen LogP contribution in [0.1, 0.15) is 50.6 Å². The van der Waals surface area contributed by atoms with E-state index in [1.165, 1.54) is 0 Å². The highest BCUT2D eigenvalue weighted by Gasteiger charge is 2.45. The van der Waals surface area contributed by atoms with E-state index < -0.39 is 18.1 Å². The Morgan fingerprint density at radius 2 is 1.82 bits per heavy atom. The van der Waals surface area contributed by atoms with Gasteiger partial charge >= 0.3 is 0 Å². The van der Waals surface area contributed by atoms with Crippen molar-refractivity contribution in [1.29, 1.82) is 0 Å². The van der Waals surface area contributed by atoms with Crippen molar-refractivity contribution in [3.8, 4) is 5.75 Å². The largest absolute Gasteiger partial charge is 0.493 e. The van der Waals surface area contributed by atoms with Crippen molar-refractivity contribution in [3.63, 3.8) is 0 Å². The average molecular weight is 528 g/mol. The predicted octanol–water partition coefficient (Wildman–Crippen LogP) is 0.821. The van der Waals surface area contributed by atoms with E-state index in [2.05, 4.69) is 20.9 Å². The van der Waals surface area contributed by atoms with Crippen LogP contribution in [0, 0.1) is 5.92 Å². The van der Waals surface area contributed by atoms with E-state index >= 15 is 0 Å². The number of nitrogens with one attached hydrogen (secondary N) is 3. The number of para-hydroxylation sites is 1. The monoisotopic (exact) mass is 527 g/mol. The summed E-state index contributed by atoms with van der Waals surface area (Å²) < 4.78 is 11.3. The lowest BCUT2D eigenvalue weighted by Crippen LogP contribution is -2.66. The molecule has 1 aromatic rings. The zero-order chi connectivity index (χ0) is 26.6. The molecule has 1 unspecified atom stereocenters. The van der Waals surface area contributed by atoms with Gasteiger partial charge in [0.1, 0.15) is 17.8 Å². The number of amides is 3. The van der Waals surface area contributed by atoms with Crippen molar-refractivity contribution in [2.45, 2.75) is 69.2 Å². The SMILES string of the molecule is CN[C@@H](C)C(=O)N[C@H](C(=O)N1C[C@H]2CCCN2CC1C(=O)N[C@@H]1CCOc2ccccc21)C1CCOCC1. The second-order valence-electron chi connectivity index (χ2n) is 11.0. The minimum absolute atomic E-state index is 0.0306. The van der Waals surface area contributed by atoms with E-state index in [1.54, 1.807) is 18.9 Å². The summed E-state index contributed by atoms with van der Waals surface area (Å²) in [6.07, 6.45) is 4.15. The first-order valence-corrected chi connectivity index (χ1v) is 14.1. The summed E-state index contributed by atoms with van der Waals surface area (Å²) in [6, 6.07) is 6.14. The van der Waals surface area contributed by atoms with Gasteiger partial charge in [-0.05, 0) is 58.2 Å². The summed E-state index contributed by atoms with van der Waals surface area (Å²) in [5, 5.41) is 9.24. The molecule has 3 amide bonds. The van der Waals surface area contributed by atoms with Gasteiger partial charge < -0.3 is 30.3 Å². The van der Waals surface area contributed by atoms with Gasteiger partial charge in [0, 0.05) is 44.3 Å². The third kappa shape index (κ3) is 5.67. The van der Waals surface area contributed by atoms with Crippen LogP contribution in [0.3, 0.4) is 0 Å². The second kappa shape index (κ2) is 12.0. The lowest BCUT2D eigenvalue weighted by molar-refractivity contribution is -0.150. The number of ether oxygens (including phenoxy) is 2. The molecule has 0 radical (unpaired) electrons. The number of hydrogen-bond acceptors (Lipinski definition) is 7. The Morgan fingerprint density at radius 1 is 1.03 bits per heavy atom. The molecule has 3 saturated heterocycles. The van der Waals surface area contributed by atoms with Crippen molar-refractivity contribution < 1.29 is 23.9 Å². The highest BCUT2D eigenvalue weighted by molar-refractivity contribution is 5.93. The highest BCUT2D eigenvalue weighted by Crippen LogP contribution is 2.33. The van der Waals surface area contributed by atoms with Crippen LogP contribution >= 0.6 is 0 Å². The van der Waals surface area contributed by atoms with Gasteiger partial charge in [-0.3, -0.25) is 19.3 Å². The molecule has 10 nitrogen and oxygen atoms in total. The topological polar surface area (TPSA) is 112 Å². The highest BCUT2D eigenvalue weighted by atomic mass is 16.5. The number of fused-ring (bicyclic) bond motifs is 2. The molecule has 4 heterocycles. The number of piperazine rings is 1. The Bertz CT molecular complexity index is 1020. The molecule has 0 aromatic heterocycles. The van der Waals surface area contributed by atoms with E-state index in [0.717, 1.165) is 30.7 Å². The third-order valence-electron chi connectivity index (χ3n) is 8.68. The lowest BCUT2D eigenvalue weighted by Gasteiger charge is -2.45. The Hall–Kier alpha value is -2.69. The molecular weight excluding hydrogens is 486 g/mol. The van der Waals surface area contributed by atoms with Crippen molar-refractivity contribution >= 4 is 17.7 Å². The maximum absolute atomic E-state index is 14.3. The summed E-state index contributed by atoms with van der Waals surface area (Å²) in [5.74, 6) is 0.244. The maximum Gasteiger partial charge on any atom is 0.246 e. The fraction of sp³-hybridized carbons (Fsp3) is 0.679. The number of benzene rings is 1. The molecule has 0 aliphatic carbocycles. The van der Waals surface area contributed by atoms with E-state index in [9.17, 15) is 14.4 Å². The van der Waals surface area contributed by atoms with Crippen LogP contribution in [0.25, 0.3) is 0 Å². The molecule has 0 bridgehead atoms. The van der Waals surface area contributed by atoms with Gasteiger partial charge in [0.2, 0.25) is 17.7 Å². The number of carbonyl (C=O) groups is 3. The smallest absolute Gasteiger partial charge is 0.246 e. The molecule has 0 spiro atoms. The van der Waals surface area contributed by atoms with Crippen LogP contribution in [0.15, 0.2) is 24.3 Å². The number of nitrogens with zero attached hydrogens (tertiary/aromatic N) is 2. The van der Waals surface area contributed by atoms with Crippen LogP contribution in [0.4, 0.5) is 0 Å². The van der Waals surface area contributed by atoms with Crippen molar-refractivity contribution in [2.75, 3.05) is 46.5 Å². The minimum atomic E-state index is -0.686. The van der Waals surface area contributed by atoms with Crippen LogP contribution < -0.4 is 20.7 Å². The molecule has 5 rings (SSSR count). The molecule has 4 aliphatic rings. The molecule has 1 aromatic carbocycles. The van der Waals surface area contributed by atoms with E-state index in [1.807, 2.05) is 24.3 Å². The standard InChI is InChI=1S/C28H41N5O5/c1-18(29-2)26(34)31-25(19-9-13-37-14-10-19)28(36)33-16-20-6-5-12-32(20)17-23(33)27(35)30-22-11-15-38-24-8-4-3-7-21(22)24/h3-4,7-8,18-20,22-23,25,29H,5-6,9-17H2,1-2H3,(H,30,35)(H,31,34)/t18-,20+,22+,23?,25-/m0/s1. The Kier molecular flexibility index (Phi) is 8.50. The maximum atomic E-state index is 14.3. The lowest BCUT2D eigenvalue weighted by atomic mass is 9.89. The van der Waals surface area contributed by atoms with Crippen LogP contribution in [0.5, 0.6) is 5.75 Å². The first kappa shape index (κ1) is 26.9. The first-order chi connectivity index (χ1) is 18.5. The normalized spacial score (nSPS) is 27.4. The van der Waals surface area contributed by atoms with E-state index in [0.29, 0.717) is 52.2 Å². The molecule has 5 atom stereocenters. The number of carbonyl (C=O) groups excluding carboxylic acids is 3. The molecule has 3 N–H and O–H groups in total. The van der Waals surface area contributed by atoms with E-state index in [-0.39, 0.29) is 35.7 Å². The predicted molar refractivity (Wildman–Crippen MR) is 142 cm³/mol. The molecule has 0 saturated carbocycles. The van der Waals surface area contributed by atoms with Crippen molar-refractivity contribution in [2.24, 2.45) is 5.92 Å². The van der Waals surface area contributed by atoms with Crippen molar-refractivity contribution in [1.82, 2.24) is 25.8 Å². The molecular formula is C28H41N5O5. The Balaban J connectivity index is 1.38. The number of rotatable bonds is 7. The summed E-state index contributed by atoms with van der Waals surface area (Å²) in [7, 11) is 1.73. The zero-order valence-electron chi connectivity index (χ0n) is 22.5. The van der Waals surface area contributed by atoms with Gasteiger partial charge in [-0.15, -0.1) is 0 Å². The fourth-order valence-corrected chi connectivity index (χ4v) is 6.26. The van der Waals surface area contributed by atoms with Crippen LogP contribution in [-0.4, -0.2) is 98.2 Å². The minimum Gasteiger partial charge on any atom is -0.493 e. The van der Waals surface area contributed by atoms with Crippen LogP contribution in [-0.2, 0) is 19.1 Å². The average Bonchev–Trinajstić information content (AvgIpc) is 3.42. The second-order valence-corrected chi connectivity index (χ2v) is 11.0. The van der Waals surface area contributed by atoms with Gasteiger partial charge in [-0.1, -0.05) is 18.2 Å². The Morgan fingerprint density at radius 3 is 2.61 bits per heavy atom. The summed E-state index contributed by atoms with van der Waals surface area (Å²) >= 11 is 0. The van der Waals surface area contributed by atoms with Gasteiger partial charge in [0.25, 0.3) is 0 Å². The number of hydrogen-bond donors (Lipinski definition) is 3. The molecule has 10 heteroatoms. The molecule has 208 valence electrons. The fourth-order valence-electron chi connectivity index (χ4n) is 6.26. The summed E-state index contributed by atoms with van der Waals surface area (Å²) in [6.45, 7) is 5.39. The Labute approximate surface area is 224 Å².